The van der Waals surface area contributed by atoms with E-state index in [-0.39, 0.29) is 11.2 Å². The van der Waals surface area contributed by atoms with Crippen molar-refractivity contribution >= 4 is 23.3 Å². The summed E-state index contributed by atoms with van der Waals surface area (Å²) in [6.07, 6.45) is 7.70. The van der Waals surface area contributed by atoms with Crippen molar-refractivity contribution in [2.45, 2.75) is 40.4 Å². The smallest absolute Gasteiger partial charge is 0.319 e. The van der Waals surface area contributed by atoms with Gasteiger partial charge in [-0.2, -0.15) is 0 Å². The molecule has 0 aliphatic carbocycles. The number of rotatable bonds is 6. The summed E-state index contributed by atoms with van der Waals surface area (Å²) in [5, 5.41) is 0. The first-order valence-corrected chi connectivity index (χ1v) is 9.26. The molecular formula is C21H24N4O2. The lowest BCUT2D eigenvalue weighted by molar-refractivity contribution is 0.603. The van der Waals surface area contributed by atoms with Gasteiger partial charge in [0.1, 0.15) is 5.82 Å². The first-order valence-electron chi connectivity index (χ1n) is 9.26. The van der Waals surface area contributed by atoms with Crippen LogP contribution in [0.2, 0.25) is 0 Å². The zero-order valence-corrected chi connectivity index (χ0v) is 15.9. The van der Waals surface area contributed by atoms with Crippen molar-refractivity contribution in [2.75, 3.05) is 0 Å². The highest BCUT2D eigenvalue weighted by Gasteiger charge is 2.18. The van der Waals surface area contributed by atoms with E-state index < -0.39 is 0 Å². The number of aromatic nitrogens is 4. The Balaban J connectivity index is 2.10. The van der Waals surface area contributed by atoms with E-state index in [1.54, 1.807) is 11.5 Å². The molecule has 2 heterocycles. The molecule has 2 aromatic heterocycles. The molecule has 0 fully saturated rings. The Morgan fingerprint density at radius 2 is 1.48 bits per heavy atom. The second kappa shape index (κ2) is 8.03. The first-order chi connectivity index (χ1) is 13.1. The van der Waals surface area contributed by atoms with Crippen LogP contribution >= 0.6 is 0 Å². The third-order valence-electron chi connectivity index (χ3n) is 4.54. The molecule has 1 aromatic carbocycles. The Bertz CT molecular complexity index is 1120. The van der Waals surface area contributed by atoms with Crippen LogP contribution < -0.4 is 11.2 Å². The lowest BCUT2D eigenvalue weighted by Gasteiger charge is -2.09. The Hall–Kier alpha value is -3.15. The summed E-state index contributed by atoms with van der Waals surface area (Å²) in [4.78, 5) is 29.9. The molecule has 3 rings (SSSR count). The summed E-state index contributed by atoms with van der Waals surface area (Å²) < 4.78 is 4.69. The van der Waals surface area contributed by atoms with E-state index in [0.717, 1.165) is 5.56 Å². The fraction of sp³-hybridized carbons (Fsp3) is 0.286. The molecule has 0 aliphatic heterocycles. The minimum absolute atomic E-state index is 0.281. The zero-order valence-electron chi connectivity index (χ0n) is 15.9. The number of imidazole rings is 1. The molecule has 0 spiro atoms. The number of benzene rings is 1. The molecule has 3 aromatic rings. The van der Waals surface area contributed by atoms with Crippen LogP contribution in [0.25, 0.3) is 23.3 Å². The summed E-state index contributed by atoms with van der Waals surface area (Å²) in [5.41, 5.74) is 1.45. The van der Waals surface area contributed by atoms with Crippen LogP contribution in [-0.2, 0) is 19.6 Å². The topological polar surface area (TPSA) is 61.8 Å². The van der Waals surface area contributed by atoms with Gasteiger partial charge in [-0.15, -0.1) is 0 Å². The van der Waals surface area contributed by atoms with Gasteiger partial charge in [0.25, 0.3) is 5.56 Å². The van der Waals surface area contributed by atoms with Crippen molar-refractivity contribution in [3.8, 4) is 0 Å². The van der Waals surface area contributed by atoms with Gasteiger partial charge in [0.15, 0.2) is 11.2 Å². The summed E-state index contributed by atoms with van der Waals surface area (Å²) in [7, 11) is 0. The largest absolute Gasteiger partial charge is 0.332 e. The maximum absolute atomic E-state index is 12.8. The highest BCUT2D eigenvalue weighted by molar-refractivity contribution is 5.74. The second-order valence-electron chi connectivity index (χ2n) is 6.09. The molecule has 0 N–H and O–H groups in total. The van der Waals surface area contributed by atoms with Crippen LogP contribution in [0.15, 0.2) is 52.1 Å². The molecule has 0 bridgehead atoms. The van der Waals surface area contributed by atoms with Gasteiger partial charge < -0.3 is 4.57 Å². The van der Waals surface area contributed by atoms with Crippen LogP contribution in [0.4, 0.5) is 0 Å². The Labute approximate surface area is 157 Å². The molecule has 0 radical (unpaired) electrons. The first kappa shape index (κ1) is 18.6. The minimum atomic E-state index is -0.308. The fourth-order valence-electron chi connectivity index (χ4n) is 3.19. The Kier molecular flexibility index (Phi) is 5.54. The molecular weight excluding hydrogens is 340 g/mol. The molecule has 0 amide bonds. The third kappa shape index (κ3) is 3.43. The highest BCUT2D eigenvalue weighted by atomic mass is 16.2. The van der Waals surface area contributed by atoms with E-state index >= 15 is 0 Å². The van der Waals surface area contributed by atoms with Crippen LogP contribution in [0.1, 0.15) is 32.2 Å². The summed E-state index contributed by atoms with van der Waals surface area (Å²) >= 11 is 0. The van der Waals surface area contributed by atoms with Gasteiger partial charge in [0, 0.05) is 19.6 Å². The van der Waals surface area contributed by atoms with Gasteiger partial charge in [-0.3, -0.25) is 13.9 Å². The minimum Gasteiger partial charge on any atom is -0.319 e. The Morgan fingerprint density at radius 1 is 0.852 bits per heavy atom. The normalized spacial score (nSPS) is 12.0. The standard InChI is InChI=1S/C21H24N4O2/c1-4-23-17(15-11-10-14-16-12-8-7-9-13-16)22-19-18(23)20(26)25(6-3)21(27)24(19)5-2/h7-15H,4-6H2,1-3H3/b14-10+,15-11+. The quantitative estimate of drug-likeness (QED) is 0.631. The van der Waals surface area contributed by atoms with Gasteiger partial charge in [-0.05, 0) is 32.4 Å². The maximum atomic E-state index is 12.8. The van der Waals surface area contributed by atoms with E-state index in [0.29, 0.717) is 36.6 Å². The second-order valence-corrected chi connectivity index (χ2v) is 6.09. The van der Waals surface area contributed by atoms with Crippen molar-refractivity contribution in [3.05, 3.63) is 74.7 Å². The van der Waals surface area contributed by atoms with Crippen LogP contribution in [-0.4, -0.2) is 18.7 Å². The van der Waals surface area contributed by atoms with E-state index in [9.17, 15) is 9.59 Å². The predicted octanol–water partition coefficient (Wildman–Crippen LogP) is 3.15. The summed E-state index contributed by atoms with van der Waals surface area (Å²) in [5.74, 6) is 0.665. The molecule has 27 heavy (non-hydrogen) atoms. The van der Waals surface area contributed by atoms with Crippen molar-refractivity contribution in [1.82, 2.24) is 18.7 Å². The van der Waals surface area contributed by atoms with Crippen LogP contribution in [0.3, 0.4) is 0 Å². The van der Waals surface area contributed by atoms with Crippen LogP contribution in [0, 0.1) is 0 Å². The van der Waals surface area contributed by atoms with Crippen molar-refractivity contribution in [3.63, 3.8) is 0 Å². The van der Waals surface area contributed by atoms with Gasteiger partial charge in [0.05, 0.1) is 0 Å². The fourth-order valence-corrected chi connectivity index (χ4v) is 3.19. The number of nitrogens with zero attached hydrogens (tertiary/aromatic N) is 4. The molecule has 0 saturated carbocycles. The number of allylic oxidation sites excluding steroid dienone is 2. The Morgan fingerprint density at radius 3 is 2.11 bits per heavy atom. The zero-order chi connectivity index (χ0) is 19.4. The van der Waals surface area contributed by atoms with Gasteiger partial charge in [-0.1, -0.05) is 48.6 Å². The summed E-state index contributed by atoms with van der Waals surface area (Å²) in [6, 6.07) is 10.0. The van der Waals surface area contributed by atoms with E-state index in [1.165, 1.54) is 4.57 Å². The van der Waals surface area contributed by atoms with Crippen molar-refractivity contribution in [2.24, 2.45) is 0 Å². The molecule has 6 heteroatoms. The number of hydrogen-bond donors (Lipinski definition) is 0. The van der Waals surface area contributed by atoms with E-state index in [2.05, 4.69) is 4.98 Å². The monoisotopic (exact) mass is 364 g/mol. The van der Waals surface area contributed by atoms with E-state index in [1.807, 2.05) is 73.1 Å². The number of fused-ring (bicyclic) bond motifs is 1. The maximum Gasteiger partial charge on any atom is 0.332 e. The third-order valence-corrected chi connectivity index (χ3v) is 4.54. The van der Waals surface area contributed by atoms with Crippen LogP contribution in [0.5, 0.6) is 0 Å². The average Bonchev–Trinajstić information content (AvgIpc) is 3.05. The van der Waals surface area contributed by atoms with Gasteiger partial charge in [0.2, 0.25) is 0 Å². The molecule has 6 nitrogen and oxygen atoms in total. The molecule has 0 aliphatic rings. The number of aryl methyl sites for hydroxylation is 2. The van der Waals surface area contributed by atoms with Crippen molar-refractivity contribution < 1.29 is 0 Å². The molecule has 0 atom stereocenters. The predicted molar refractivity (Wildman–Crippen MR) is 110 cm³/mol. The van der Waals surface area contributed by atoms with Gasteiger partial charge >= 0.3 is 5.69 Å². The van der Waals surface area contributed by atoms with E-state index in [4.69, 9.17) is 0 Å². The SMILES string of the molecule is CCn1c(=O)c2c(nc(/C=C/C=C/c3ccccc3)n2CC)n(CC)c1=O. The molecule has 0 saturated heterocycles. The highest BCUT2D eigenvalue weighted by Crippen LogP contribution is 2.13. The molecule has 0 unspecified atom stereocenters. The molecule has 140 valence electrons. The average molecular weight is 364 g/mol. The van der Waals surface area contributed by atoms with Gasteiger partial charge in [-0.25, -0.2) is 9.78 Å². The lowest BCUT2D eigenvalue weighted by Crippen LogP contribution is -2.40. The van der Waals surface area contributed by atoms with Crippen molar-refractivity contribution in [1.29, 1.82) is 0 Å². The summed E-state index contributed by atoms with van der Waals surface area (Å²) in [6.45, 7) is 7.06. The number of hydrogen-bond acceptors (Lipinski definition) is 3. The lowest BCUT2D eigenvalue weighted by atomic mass is 10.2.